The van der Waals surface area contributed by atoms with Gasteiger partial charge in [0.15, 0.2) is 0 Å². The molecule has 0 atom stereocenters. The van der Waals surface area contributed by atoms with Gasteiger partial charge in [0, 0.05) is 42.8 Å². The zero-order chi connectivity index (χ0) is 19.7. The second-order valence-electron chi connectivity index (χ2n) is 6.91. The van der Waals surface area contributed by atoms with Crippen molar-refractivity contribution in [1.82, 2.24) is 13.9 Å². The highest BCUT2D eigenvalue weighted by Crippen LogP contribution is 2.30. The van der Waals surface area contributed by atoms with Gasteiger partial charge in [-0.05, 0) is 31.2 Å². The zero-order valence-corrected chi connectivity index (χ0v) is 17.2. The van der Waals surface area contributed by atoms with E-state index in [1.165, 1.54) is 3.97 Å². The number of hydrogen-bond donors (Lipinski definition) is 0. The Morgan fingerprint density at radius 1 is 1.14 bits per heavy atom. The molecule has 148 valence electrons. The Kier molecular flexibility index (Phi) is 5.42. The first-order valence-corrected chi connectivity index (χ1v) is 11.1. The second-order valence-corrected chi connectivity index (χ2v) is 9.05. The third-order valence-corrected chi connectivity index (χ3v) is 7.05. The highest BCUT2D eigenvalue weighted by molar-refractivity contribution is 7.90. The highest BCUT2D eigenvalue weighted by atomic mass is 35.5. The van der Waals surface area contributed by atoms with E-state index in [-0.39, 0.29) is 4.90 Å². The van der Waals surface area contributed by atoms with Gasteiger partial charge < -0.3 is 4.74 Å². The molecule has 0 N–H and O–H groups in total. The molecule has 1 aliphatic heterocycles. The summed E-state index contributed by atoms with van der Waals surface area (Å²) in [6, 6.07) is 12.1. The maximum absolute atomic E-state index is 13.5. The Bertz CT molecular complexity index is 1090. The number of fused-ring (bicyclic) bond motifs is 1. The Balaban J connectivity index is 1.82. The number of benzene rings is 1. The van der Waals surface area contributed by atoms with Crippen molar-refractivity contribution >= 4 is 32.5 Å². The number of ether oxygens (including phenoxy) is 1. The molecule has 0 radical (unpaired) electrons. The average Bonchev–Trinajstić information content (AvgIpc) is 3.07. The Morgan fingerprint density at radius 3 is 2.57 bits per heavy atom. The standard InChI is InChI=1S/C20H22ClN3O3S/c1-15-13-19-18(20(21)22-15)14-16(7-8-23-9-11-27-12-10-23)24(19)28(25,26)17-5-3-2-4-6-17/h2-6,13-14H,7-12H2,1H3. The quantitative estimate of drug-likeness (QED) is 0.594. The summed E-state index contributed by atoms with van der Waals surface area (Å²) in [5, 5.41) is 0.980. The molecule has 0 saturated carbocycles. The van der Waals surface area contributed by atoms with Gasteiger partial charge in [-0.1, -0.05) is 29.8 Å². The van der Waals surface area contributed by atoms with Crippen molar-refractivity contribution in [3.05, 3.63) is 59.0 Å². The molecular formula is C20H22ClN3O3S. The molecule has 8 heteroatoms. The molecule has 1 aromatic carbocycles. The molecule has 0 spiro atoms. The van der Waals surface area contributed by atoms with Gasteiger partial charge in [-0.3, -0.25) is 4.90 Å². The van der Waals surface area contributed by atoms with Gasteiger partial charge in [0.1, 0.15) is 5.15 Å². The van der Waals surface area contributed by atoms with Crippen LogP contribution in [-0.4, -0.2) is 55.1 Å². The van der Waals surface area contributed by atoms with Crippen LogP contribution in [0.15, 0.2) is 47.4 Å². The third-order valence-electron chi connectivity index (χ3n) is 4.98. The normalized spacial score (nSPS) is 15.9. The van der Waals surface area contributed by atoms with Crippen LogP contribution < -0.4 is 0 Å². The van der Waals surface area contributed by atoms with E-state index in [0.29, 0.717) is 47.1 Å². The summed E-state index contributed by atoms with van der Waals surface area (Å²) in [4.78, 5) is 6.83. The lowest BCUT2D eigenvalue weighted by Crippen LogP contribution is -2.37. The fourth-order valence-electron chi connectivity index (χ4n) is 3.56. The van der Waals surface area contributed by atoms with E-state index in [1.54, 1.807) is 36.4 Å². The molecule has 3 heterocycles. The average molecular weight is 420 g/mol. The van der Waals surface area contributed by atoms with E-state index in [0.717, 1.165) is 19.6 Å². The van der Waals surface area contributed by atoms with E-state index >= 15 is 0 Å². The first-order valence-electron chi connectivity index (χ1n) is 9.25. The van der Waals surface area contributed by atoms with Crippen molar-refractivity contribution in [2.45, 2.75) is 18.2 Å². The smallest absolute Gasteiger partial charge is 0.268 e. The number of aryl methyl sites for hydroxylation is 1. The van der Waals surface area contributed by atoms with Crippen LogP contribution in [0.1, 0.15) is 11.4 Å². The van der Waals surface area contributed by atoms with Crippen LogP contribution >= 0.6 is 11.6 Å². The molecule has 0 aliphatic carbocycles. The lowest BCUT2D eigenvalue weighted by atomic mass is 10.2. The Morgan fingerprint density at radius 2 is 1.86 bits per heavy atom. The van der Waals surface area contributed by atoms with Gasteiger partial charge in [-0.25, -0.2) is 17.4 Å². The predicted octanol–water partition coefficient (Wildman–Crippen LogP) is 3.11. The number of aromatic nitrogens is 2. The van der Waals surface area contributed by atoms with Gasteiger partial charge in [0.2, 0.25) is 0 Å². The zero-order valence-electron chi connectivity index (χ0n) is 15.6. The highest BCUT2D eigenvalue weighted by Gasteiger charge is 2.25. The van der Waals surface area contributed by atoms with Crippen LogP contribution in [0.4, 0.5) is 0 Å². The molecule has 3 aromatic rings. The van der Waals surface area contributed by atoms with Crippen LogP contribution in [0.25, 0.3) is 10.9 Å². The van der Waals surface area contributed by atoms with Gasteiger partial charge in [0.05, 0.1) is 23.6 Å². The molecular weight excluding hydrogens is 398 g/mol. The lowest BCUT2D eigenvalue weighted by Gasteiger charge is -2.26. The first-order chi connectivity index (χ1) is 13.5. The van der Waals surface area contributed by atoms with Crippen molar-refractivity contribution in [3.8, 4) is 0 Å². The fourth-order valence-corrected chi connectivity index (χ4v) is 5.42. The van der Waals surface area contributed by atoms with Crippen LogP contribution in [-0.2, 0) is 21.2 Å². The van der Waals surface area contributed by atoms with Crippen molar-refractivity contribution in [3.63, 3.8) is 0 Å². The van der Waals surface area contributed by atoms with Crippen molar-refractivity contribution in [2.75, 3.05) is 32.8 Å². The van der Waals surface area contributed by atoms with Crippen molar-refractivity contribution < 1.29 is 13.2 Å². The summed E-state index contributed by atoms with van der Waals surface area (Å²) in [5.41, 5.74) is 1.96. The summed E-state index contributed by atoms with van der Waals surface area (Å²) in [6.07, 6.45) is 0.593. The molecule has 2 aromatic heterocycles. The maximum atomic E-state index is 13.5. The lowest BCUT2D eigenvalue weighted by molar-refractivity contribution is 0.0383. The molecule has 4 rings (SSSR count). The summed E-state index contributed by atoms with van der Waals surface area (Å²) >= 11 is 6.35. The minimum Gasteiger partial charge on any atom is -0.379 e. The molecule has 0 unspecified atom stereocenters. The Labute approximate surface area is 169 Å². The fraction of sp³-hybridized carbons (Fsp3) is 0.350. The summed E-state index contributed by atoms with van der Waals surface area (Å²) in [5.74, 6) is 0. The van der Waals surface area contributed by atoms with Gasteiger partial charge >= 0.3 is 0 Å². The number of pyridine rings is 1. The molecule has 1 saturated heterocycles. The van der Waals surface area contributed by atoms with Gasteiger partial charge in [-0.2, -0.15) is 0 Å². The first kappa shape index (κ1) is 19.4. The SMILES string of the molecule is Cc1cc2c(cc(CCN3CCOCC3)n2S(=O)(=O)c2ccccc2)c(Cl)n1. The molecule has 6 nitrogen and oxygen atoms in total. The van der Waals surface area contributed by atoms with Crippen LogP contribution in [0.5, 0.6) is 0 Å². The molecule has 1 aliphatic rings. The monoisotopic (exact) mass is 419 g/mol. The molecule has 28 heavy (non-hydrogen) atoms. The second kappa shape index (κ2) is 7.83. The van der Waals surface area contributed by atoms with Crippen molar-refractivity contribution in [1.29, 1.82) is 0 Å². The summed E-state index contributed by atoms with van der Waals surface area (Å²) < 4.78 is 33.8. The van der Waals surface area contributed by atoms with Crippen LogP contribution in [0.3, 0.4) is 0 Å². The predicted molar refractivity (Wildman–Crippen MR) is 109 cm³/mol. The largest absolute Gasteiger partial charge is 0.379 e. The molecule has 1 fully saturated rings. The number of halogens is 1. The molecule has 0 amide bonds. The van der Waals surface area contributed by atoms with Crippen LogP contribution in [0.2, 0.25) is 5.15 Å². The van der Waals surface area contributed by atoms with Crippen LogP contribution in [0, 0.1) is 6.92 Å². The Hall–Kier alpha value is -1.93. The van der Waals surface area contributed by atoms with Gasteiger partial charge in [-0.15, -0.1) is 0 Å². The van der Waals surface area contributed by atoms with Gasteiger partial charge in [0.25, 0.3) is 10.0 Å². The van der Waals surface area contributed by atoms with E-state index in [4.69, 9.17) is 16.3 Å². The molecule has 0 bridgehead atoms. The minimum atomic E-state index is -3.75. The van der Waals surface area contributed by atoms with E-state index in [2.05, 4.69) is 9.88 Å². The summed E-state index contributed by atoms with van der Waals surface area (Å²) in [7, 11) is -3.75. The van der Waals surface area contributed by atoms with E-state index in [1.807, 2.05) is 13.0 Å². The van der Waals surface area contributed by atoms with E-state index in [9.17, 15) is 8.42 Å². The number of hydrogen-bond acceptors (Lipinski definition) is 5. The van der Waals surface area contributed by atoms with E-state index < -0.39 is 10.0 Å². The third kappa shape index (κ3) is 3.67. The number of rotatable bonds is 5. The topological polar surface area (TPSA) is 64.4 Å². The van der Waals surface area contributed by atoms with Crippen molar-refractivity contribution in [2.24, 2.45) is 0 Å². The number of morpholine rings is 1. The maximum Gasteiger partial charge on any atom is 0.268 e. The number of nitrogens with zero attached hydrogens (tertiary/aromatic N) is 3. The summed E-state index contributed by atoms with van der Waals surface area (Å²) in [6.45, 7) is 5.69. The minimum absolute atomic E-state index is 0.255.